The van der Waals surface area contributed by atoms with Crippen LogP contribution in [0.25, 0.3) is 0 Å². The summed E-state index contributed by atoms with van der Waals surface area (Å²) >= 11 is 0. The molecule has 0 aliphatic carbocycles. The van der Waals surface area contributed by atoms with Crippen molar-refractivity contribution in [3.05, 3.63) is 0 Å². The summed E-state index contributed by atoms with van der Waals surface area (Å²) in [7, 11) is 0. The normalized spacial score (nSPS) is 34.1. The summed E-state index contributed by atoms with van der Waals surface area (Å²) in [6.07, 6.45) is 4.91. The molecular weight excluding hydrogens is 204 g/mol. The predicted molar refractivity (Wildman–Crippen MR) is 62.8 cm³/mol. The van der Waals surface area contributed by atoms with Crippen molar-refractivity contribution in [1.82, 2.24) is 5.43 Å². The van der Waals surface area contributed by atoms with E-state index < -0.39 is 0 Å². The van der Waals surface area contributed by atoms with Gasteiger partial charge in [-0.15, -0.1) is 0 Å². The zero-order chi connectivity index (χ0) is 11.4. The number of nitrogens with two attached hydrogens (primary N) is 1. The zero-order valence-electron chi connectivity index (χ0n) is 10.2. The standard InChI is InChI=1S/C12H24N2O2/c1-9-2-7-16-12(9)11(14-13)8-10-3-5-15-6-4-10/h9-12,14H,2-8,13H2,1H3. The van der Waals surface area contributed by atoms with Gasteiger partial charge in [0.2, 0.25) is 0 Å². The van der Waals surface area contributed by atoms with E-state index in [1.54, 1.807) is 0 Å². The number of hydrogen-bond donors (Lipinski definition) is 2. The van der Waals surface area contributed by atoms with Crippen LogP contribution in [0.15, 0.2) is 0 Å². The van der Waals surface area contributed by atoms with Gasteiger partial charge in [0, 0.05) is 25.9 Å². The van der Waals surface area contributed by atoms with E-state index in [1.807, 2.05) is 0 Å². The highest BCUT2D eigenvalue weighted by atomic mass is 16.5. The van der Waals surface area contributed by atoms with Crippen molar-refractivity contribution in [3.63, 3.8) is 0 Å². The molecule has 4 heteroatoms. The Hall–Kier alpha value is -0.160. The van der Waals surface area contributed by atoms with Crippen molar-refractivity contribution in [1.29, 1.82) is 0 Å². The zero-order valence-corrected chi connectivity index (χ0v) is 10.2. The van der Waals surface area contributed by atoms with E-state index in [9.17, 15) is 0 Å². The van der Waals surface area contributed by atoms with Crippen LogP contribution in [0.3, 0.4) is 0 Å². The van der Waals surface area contributed by atoms with Crippen molar-refractivity contribution in [3.8, 4) is 0 Å². The van der Waals surface area contributed by atoms with E-state index in [0.717, 1.165) is 38.6 Å². The second kappa shape index (κ2) is 5.96. The van der Waals surface area contributed by atoms with Crippen LogP contribution in [0, 0.1) is 11.8 Å². The minimum Gasteiger partial charge on any atom is -0.381 e. The van der Waals surface area contributed by atoms with Gasteiger partial charge in [0.1, 0.15) is 0 Å². The van der Waals surface area contributed by atoms with Crippen molar-refractivity contribution < 1.29 is 9.47 Å². The van der Waals surface area contributed by atoms with Crippen molar-refractivity contribution in [2.75, 3.05) is 19.8 Å². The second-order valence-corrected chi connectivity index (χ2v) is 5.17. The maximum atomic E-state index is 5.79. The Morgan fingerprint density at radius 2 is 2.00 bits per heavy atom. The first-order valence-electron chi connectivity index (χ1n) is 6.46. The lowest BCUT2D eigenvalue weighted by Gasteiger charge is -2.30. The third-order valence-electron chi connectivity index (χ3n) is 3.98. The van der Waals surface area contributed by atoms with Gasteiger partial charge >= 0.3 is 0 Å². The summed E-state index contributed by atoms with van der Waals surface area (Å²) < 4.78 is 11.2. The van der Waals surface area contributed by atoms with E-state index in [2.05, 4.69) is 12.3 Å². The maximum Gasteiger partial charge on any atom is 0.0767 e. The van der Waals surface area contributed by atoms with Crippen LogP contribution in [0.1, 0.15) is 32.6 Å². The summed E-state index contributed by atoms with van der Waals surface area (Å²) in [6, 6.07) is 0.306. The first kappa shape index (κ1) is 12.3. The highest BCUT2D eigenvalue weighted by Gasteiger charge is 2.33. The summed E-state index contributed by atoms with van der Waals surface area (Å²) in [5, 5.41) is 0. The quantitative estimate of drug-likeness (QED) is 0.558. The monoisotopic (exact) mass is 228 g/mol. The predicted octanol–water partition coefficient (Wildman–Crippen LogP) is 1.06. The molecule has 2 aliphatic rings. The van der Waals surface area contributed by atoms with Gasteiger partial charge in [0.25, 0.3) is 0 Å². The Morgan fingerprint density at radius 3 is 2.56 bits per heavy atom. The van der Waals surface area contributed by atoms with Gasteiger partial charge in [-0.1, -0.05) is 6.92 Å². The highest BCUT2D eigenvalue weighted by molar-refractivity contribution is 4.85. The lowest BCUT2D eigenvalue weighted by molar-refractivity contribution is 0.0292. The molecule has 3 unspecified atom stereocenters. The molecule has 0 aromatic carbocycles. The first-order valence-corrected chi connectivity index (χ1v) is 6.46. The van der Waals surface area contributed by atoms with Crippen LogP contribution >= 0.6 is 0 Å². The van der Waals surface area contributed by atoms with Crippen LogP contribution in [0.2, 0.25) is 0 Å². The first-order chi connectivity index (χ1) is 7.81. The maximum absolute atomic E-state index is 5.79. The van der Waals surface area contributed by atoms with E-state index in [-0.39, 0.29) is 0 Å². The molecular formula is C12H24N2O2. The van der Waals surface area contributed by atoms with Gasteiger partial charge < -0.3 is 9.47 Å². The van der Waals surface area contributed by atoms with Crippen molar-refractivity contribution in [2.24, 2.45) is 17.7 Å². The molecule has 3 atom stereocenters. The molecule has 0 aromatic rings. The van der Waals surface area contributed by atoms with Crippen molar-refractivity contribution >= 4 is 0 Å². The van der Waals surface area contributed by atoms with Gasteiger partial charge in [0.15, 0.2) is 0 Å². The van der Waals surface area contributed by atoms with E-state index in [0.29, 0.717) is 18.1 Å². The fraction of sp³-hybridized carbons (Fsp3) is 1.00. The largest absolute Gasteiger partial charge is 0.381 e. The molecule has 2 heterocycles. The molecule has 3 N–H and O–H groups in total. The molecule has 16 heavy (non-hydrogen) atoms. The molecule has 94 valence electrons. The molecule has 0 aromatic heterocycles. The lowest BCUT2D eigenvalue weighted by Crippen LogP contribution is -2.47. The number of hydrazine groups is 1. The summed E-state index contributed by atoms with van der Waals surface area (Å²) in [5.41, 5.74) is 2.96. The van der Waals surface area contributed by atoms with Crippen LogP contribution in [0.5, 0.6) is 0 Å². The fourth-order valence-electron chi connectivity index (χ4n) is 2.87. The van der Waals surface area contributed by atoms with Crippen molar-refractivity contribution in [2.45, 2.75) is 44.8 Å². The molecule has 2 fully saturated rings. The molecule has 0 spiro atoms. The number of hydrogen-bond acceptors (Lipinski definition) is 4. The molecule has 2 aliphatic heterocycles. The van der Waals surface area contributed by atoms with Crippen LogP contribution in [-0.4, -0.2) is 32.0 Å². The van der Waals surface area contributed by atoms with E-state index in [1.165, 1.54) is 12.8 Å². The average Bonchev–Trinajstić information content (AvgIpc) is 2.74. The SMILES string of the molecule is CC1CCOC1C(CC1CCOCC1)NN. The van der Waals surface area contributed by atoms with Crippen LogP contribution in [0.4, 0.5) is 0 Å². The lowest BCUT2D eigenvalue weighted by atomic mass is 9.87. The van der Waals surface area contributed by atoms with Gasteiger partial charge in [-0.3, -0.25) is 11.3 Å². The topological polar surface area (TPSA) is 56.5 Å². The minimum absolute atomic E-state index is 0.299. The Bertz CT molecular complexity index is 207. The van der Waals surface area contributed by atoms with Crippen LogP contribution < -0.4 is 11.3 Å². The third kappa shape index (κ3) is 2.94. The molecule has 4 nitrogen and oxygen atoms in total. The van der Waals surface area contributed by atoms with Gasteiger partial charge in [0.05, 0.1) is 6.10 Å². The molecule has 2 saturated heterocycles. The smallest absolute Gasteiger partial charge is 0.0767 e. The Kier molecular flexibility index (Phi) is 4.58. The number of ether oxygens (including phenoxy) is 2. The number of nitrogens with one attached hydrogen (secondary N) is 1. The molecule has 2 rings (SSSR count). The summed E-state index contributed by atoms with van der Waals surface area (Å²) in [5.74, 6) is 7.04. The average molecular weight is 228 g/mol. The van der Waals surface area contributed by atoms with E-state index >= 15 is 0 Å². The molecule has 0 bridgehead atoms. The van der Waals surface area contributed by atoms with Crippen LogP contribution in [-0.2, 0) is 9.47 Å². The Balaban J connectivity index is 1.84. The van der Waals surface area contributed by atoms with Gasteiger partial charge in [-0.2, -0.15) is 0 Å². The summed E-state index contributed by atoms with van der Waals surface area (Å²) in [4.78, 5) is 0. The Labute approximate surface area is 97.8 Å². The molecule has 0 radical (unpaired) electrons. The van der Waals surface area contributed by atoms with E-state index in [4.69, 9.17) is 15.3 Å². The minimum atomic E-state index is 0.299. The molecule has 0 saturated carbocycles. The van der Waals surface area contributed by atoms with Gasteiger partial charge in [-0.25, -0.2) is 0 Å². The molecule has 0 amide bonds. The fourth-order valence-corrected chi connectivity index (χ4v) is 2.87. The highest BCUT2D eigenvalue weighted by Crippen LogP contribution is 2.28. The second-order valence-electron chi connectivity index (χ2n) is 5.17. The van der Waals surface area contributed by atoms with Gasteiger partial charge in [-0.05, 0) is 37.5 Å². The third-order valence-corrected chi connectivity index (χ3v) is 3.98. The summed E-state index contributed by atoms with van der Waals surface area (Å²) in [6.45, 7) is 4.95. The number of rotatable bonds is 4. The Morgan fingerprint density at radius 1 is 1.25 bits per heavy atom.